The summed E-state index contributed by atoms with van der Waals surface area (Å²) in [6, 6.07) is 13.6. The van der Waals surface area contributed by atoms with Crippen molar-refractivity contribution in [3.63, 3.8) is 0 Å². The Hall–Kier alpha value is -1.86. The maximum atomic E-state index is 12.1. The first-order valence-corrected chi connectivity index (χ1v) is 9.32. The molecule has 2 rings (SSSR count). The largest absolute Gasteiger partial charge is 0.494 e. The molecule has 0 radical (unpaired) electrons. The van der Waals surface area contributed by atoms with Crippen molar-refractivity contribution in [3.05, 3.63) is 58.6 Å². The van der Waals surface area contributed by atoms with E-state index in [0.717, 1.165) is 22.2 Å². The highest BCUT2D eigenvalue weighted by atomic mass is 79.9. The maximum absolute atomic E-state index is 12.1. The molecule has 0 aliphatic carbocycles. The van der Waals surface area contributed by atoms with Crippen LogP contribution < -0.4 is 9.57 Å². The predicted octanol–water partition coefficient (Wildman–Crippen LogP) is 3.55. The van der Waals surface area contributed by atoms with E-state index in [0.29, 0.717) is 6.61 Å². The molecule has 0 aromatic heterocycles. The Morgan fingerprint density at radius 2 is 1.96 bits per heavy atom. The molecule has 0 fully saturated rings. The van der Waals surface area contributed by atoms with Gasteiger partial charge in [-0.2, -0.15) is 13.5 Å². The second kappa shape index (κ2) is 8.12. The number of rotatable bonds is 7. The molecule has 0 aliphatic heterocycles. The lowest BCUT2D eigenvalue weighted by Crippen LogP contribution is -2.18. The molecule has 0 atom stereocenters. The molecular weight excluding hydrogens is 380 g/mol. The van der Waals surface area contributed by atoms with Crippen LogP contribution in [0.3, 0.4) is 0 Å². The predicted molar refractivity (Wildman–Crippen MR) is 94.3 cm³/mol. The molecule has 0 saturated heterocycles. The van der Waals surface area contributed by atoms with Crippen molar-refractivity contribution >= 4 is 32.2 Å². The second-order valence-corrected chi connectivity index (χ2v) is 7.30. The Balaban J connectivity index is 2.04. The smallest absolute Gasteiger partial charge is 0.276 e. The zero-order valence-electron chi connectivity index (χ0n) is 12.6. The Morgan fingerprint density at radius 3 is 2.65 bits per heavy atom. The Morgan fingerprint density at radius 1 is 1.22 bits per heavy atom. The molecule has 0 spiro atoms. The Kier molecular flexibility index (Phi) is 6.18. The second-order valence-electron chi connectivity index (χ2n) is 4.73. The number of nitrogens with zero attached hydrogens (tertiary/aromatic N) is 1. The van der Waals surface area contributed by atoms with E-state index in [1.807, 2.05) is 25.1 Å². The molecule has 23 heavy (non-hydrogen) atoms. The molecule has 0 unspecified atom stereocenters. The van der Waals surface area contributed by atoms with E-state index in [9.17, 15) is 8.42 Å². The number of ether oxygens (including phenoxy) is 1. The summed E-state index contributed by atoms with van der Waals surface area (Å²) in [6.45, 7) is 2.67. The number of sulfonamides is 1. The van der Waals surface area contributed by atoms with Gasteiger partial charge in [-0.1, -0.05) is 35.0 Å². The summed E-state index contributed by atoms with van der Waals surface area (Å²) in [6.07, 6.45) is 2.36. The van der Waals surface area contributed by atoms with Gasteiger partial charge in [0.15, 0.2) is 0 Å². The molecule has 7 heteroatoms. The molecule has 122 valence electrons. The molecule has 0 aliphatic rings. The van der Waals surface area contributed by atoms with Gasteiger partial charge in [0, 0.05) is 4.47 Å². The summed E-state index contributed by atoms with van der Waals surface area (Å²) in [4.78, 5) is 2.34. The third-order valence-corrected chi connectivity index (χ3v) is 4.61. The van der Waals surface area contributed by atoms with Gasteiger partial charge in [-0.15, -0.1) is 0 Å². The van der Waals surface area contributed by atoms with Gasteiger partial charge in [0.1, 0.15) is 5.75 Å². The molecule has 2 aromatic carbocycles. The number of hydrogen-bond acceptors (Lipinski definition) is 4. The van der Waals surface area contributed by atoms with Crippen LogP contribution >= 0.6 is 15.9 Å². The topological polar surface area (TPSA) is 67.8 Å². The number of hydrazone groups is 1. The lowest BCUT2D eigenvalue weighted by Gasteiger charge is -2.05. The third kappa shape index (κ3) is 5.37. The van der Waals surface area contributed by atoms with Crippen LogP contribution in [-0.2, 0) is 10.0 Å². The van der Waals surface area contributed by atoms with E-state index in [1.165, 1.54) is 18.3 Å². The van der Waals surface area contributed by atoms with E-state index in [2.05, 4.69) is 25.9 Å². The molecular formula is C16H17BrN2O3S. The van der Waals surface area contributed by atoms with E-state index in [-0.39, 0.29) is 4.90 Å². The average Bonchev–Trinajstić information content (AvgIpc) is 2.53. The fraction of sp³-hybridized carbons (Fsp3) is 0.188. The number of nitrogens with one attached hydrogen (secondary N) is 1. The summed E-state index contributed by atoms with van der Waals surface area (Å²) in [7, 11) is -3.67. The molecule has 0 amide bonds. The highest BCUT2D eigenvalue weighted by Gasteiger charge is 2.11. The minimum Gasteiger partial charge on any atom is -0.494 e. The molecule has 2 aromatic rings. The van der Waals surface area contributed by atoms with Crippen molar-refractivity contribution in [3.8, 4) is 5.75 Å². The van der Waals surface area contributed by atoms with Crippen molar-refractivity contribution in [2.45, 2.75) is 18.2 Å². The van der Waals surface area contributed by atoms with Crippen LogP contribution in [0.1, 0.15) is 18.9 Å². The lowest BCUT2D eigenvalue weighted by atomic mass is 10.2. The Labute approximate surface area is 144 Å². The number of halogens is 1. The zero-order valence-corrected chi connectivity index (χ0v) is 15.0. The first-order valence-electron chi connectivity index (χ1n) is 7.04. The van der Waals surface area contributed by atoms with Crippen molar-refractivity contribution in [1.82, 2.24) is 4.83 Å². The van der Waals surface area contributed by atoms with Crippen LogP contribution in [0.15, 0.2) is 63.0 Å². The third-order valence-electron chi connectivity index (χ3n) is 2.84. The molecule has 0 bridgehead atoms. The first-order chi connectivity index (χ1) is 11.0. The van der Waals surface area contributed by atoms with Crippen LogP contribution in [0.25, 0.3) is 0 Å². The fourth-order valence-electron chi connectivity index (χ4n) is 1.74. The highest BCUT2D eigenvalue weighted by Crippen LogP contribution is 2.15. The van der Waals surface area contributed by atoms with Gasteiger partial charge >= 0.3 is 0 Å². The number of hydrogen-bond donors (Lipinski definition) is 1. The normalized spacial score (nSPS) is 11.6. The van der Waals surface area contributed by atoms with Gasteiger partial charge in [0.25, 0.3) is 10.0 Å². The summed E-state index contributed by atoms with van der Waals surface area (Å²) in [5.41, 5.74) is 0.747. The maximum Gasteiger partial charge on any atom is 0.276 e. The van der Waals surface area contributed by atoms with Gasteiger partial charge < -0.3 is 4.74 Å². The van der Waals surface area contributed by atoms with Crippen molar-refractivity contribution < 1.29 is 13.2 Å². The van der Waals surface area contributed by atoms with Crippen molar-refractivity contribution in [1.29, 1.82) is 0 Å². The van der Waals surface area contributed by atoms with Crippen molar-refractivity contribution in [2.24, 2.45) is 5.10 Å². The van der Waals surface area contributed by atoms with Gasteiger partial charge in [-0.25, -0.2) is 4.83 Å². The van der Waals surface area contributed by atoms with E-state index < -0.39 is 10.0 Å². The SMILES string of the molecule is CCCOc1cccc(/C=N/NS(=O)(=O)c2ccc(Br)cc2)c1. The van der Waals surface area contributed by atoms with Crippen LogP contribution in [0.4, 0.5) is 0 Å². The molecule has 0 heterocycles. The number of benzene rings is 2. The van der Waals surface area contributed by atoms with E-state index in [4.69, 9.17) is 4.74 Å². The summed E-state index contributed by atoms with van der Waals surface area (Å²) < 4.78 is 30.5. The first kappa shape index (κ1) is 17.5. The standard InChI is InChI=1S/C16H17BrN2O3S/c1-2-10-22-15-5-3-4-13(11-15)12-18-19-23(20,21)16-8-6-14(17)7-9-16/h3-9,11-12,19H,2,10H2,1H3/b18-12+. The highest BCUT2D eigenvalue weighted by molar-refractivity contribution is 9.10. The summed E-state index contributed by atoms with van der Waals surface area (Å²) in [5.74, 6) is 0.728. The quantitative estimate of drug-likeness (QED) is 0.574. The van der Waals surface area contributed by atoms with Crippen LogP contribution in [0, 0.1) is 0 Å². The van der Waals surface area contributed by atoms with Crippen LogP contribution in [0.5, 0.6) is 5.75 Å². The minimum atomic E-state index is -3.67. The fourth-order valence-corrected chi connectivity index (χ4v) is 2.80. The summed E-state index contributed by atoms with van der Waals surface area (Å²) >= 11 is 3.26. The Bertz CT molecular complexity index is 774. The van der Waals surface area contributed by atoms with Crippen LogP contribution in [0.2, 0.25) is 0 Å². The van der Waals surface area contributed by atoms with Crippen LogP contribution in [-0.4, -0.2) is 21.2 Å². The zero-order chi connectivity index (χ0) is 16.7. The van der Waals surface area contributed by atoms with E-state index >= 15 is 0 Å². The monoisotopic (exact) mass is 396 g/mol. The molecule has 0 saturated carbocycles. The van der Waals surface area contributed by atoms with E-state index in [1.54, 1.807) is 18.2 Å². The lowest BCUT2D eigenvalue weighted by molar-refractivity contribution is 0.317. The van der Waals surface area contributed by atoms with Gasteiger partial charge in [0.05, 0.1) is 17.7 Å². The average molecular weight is 397 g/mol. The van der Waals surface area contributed by atoms with Gasteiger partial charge in [0.2, 0.25) is 0 Å². The van der Waals surface area contributed by atoms with Gasteiger partial charge in [-0.05, 0) is 48.4 Å². The summed E-state index contributed by atoms with van der Waals surface area (Å²) in [5, 5.41) is 3.80. The van der Waals surface area contributed by atoms with Gasteiger partial charge in [-0.3, -0.25) is 0 Å². The minimum absolute atomic E-state index is 0.151. The molecule has 5 nitrogen and oxygen atoms in total. The van der Waals surface area contributed by atoms with Crippen molar-refractivity contribution in [2.75, 3.05) is 6.61 Å². The molecule has 1 N–H and O–H groups in total.